The molecule has 0 aliphatic heterocycles. The van der Waals surface area contributed by atoms with Gasteiger partial charge in [0.2, 0.25) is 0 Å². The summed E-state index contributed by atoms with van der Waals surface area (Å²) in [5, 5.41) is 0.794. The first-order valence-corrected chi connectivity index (χ1v) is 4.89. The van der Waals surface area contributed by atoms with Crippen molar-refractivity contribution < 1.29 is 0 Å². The van der Waals surface area contributed by atoms with Crippen molar-refractivity contribution in [3.8, 4) is 0 Å². The average molecular weight is 196 g/mol. The highest BCUT2D eigenvalue weighted by molar-refractivity contribution is 6.31. The lowest BCUT2D eigenvalue weighted by atomic mass is 10.0. The Hall–Kier alpha value is -0.820. The lowest BCUT2D eigenvalue weighted by Crippen LogP contribution is -1.89. The van der Waals surface area contributed by atoms with E-state index >= 15 is 0 Å². The number of aliphatic imine (C=N–C) groups is 1. The Balaban J connectivity index is 3.36. The van der Waals surface area contributed by atoms with E-state index in [4.69, 9.17) is 11.6 Å². The third kappa shape index (κ3) is 1.92. The second-order valence-corrected chi connectivity index (χ2v) is 3.31. The first-order chi connectivity index (χ1) is 6.24. The molecule has 0 heterocycles. The normalized spacial score (nSPS) is 10.1. The molecule has 1 aromatic rings. The summed E-state index contributed by atoms with van der Waals surface area (Å²) in [6.45, 7) is 7.77. The summed E-state index contributed by atoms with van der Waals surface area (Å²) in [6, 6.07) is 3.96. The Morgan fingerprint density at radius 1 is 1.31 bits per heavy atom. The molecule has 0 N–H and O–H groups in total. The molecule has 0 bridgehead atoms. The van der Waals surface area contributed by atoms with Crippen molar-refractivity contribution in [2.24, 2.45) is 4.99 Å². The van der Waals surface area contributed by atoms with E-state index in [2.05, 4.69) is 25.6 Å². The third-order valence-corrected chi connectivity index (χ3v) is 2.56. The van der Waals surface area contributed by atoms with E-state index in [1.165, 1.54) is 5.56 Å². The minimum absolute atomic E-state index is 0.794. The van der Waals surface area contributed by atoms with Crippen molar-refractivity contribution in [1.82, 2.24) is 0 Å². The third-order valence-electron chi connectivity index (χ3n) is 2.20. The Morgan fingerprint density at radius 3 is 2.46 bits per heavy atom. The molecule has 70 valence electrons. The SMILES string of the molecule is C=Nc1c(CC)ccc(Cl)c1CC. The molecule has 2 heteroatoms. The number of nitrogens with zero attached hydrogens (tertiary/aromatic N) is 1. The smallest absolute Gasteiger partial charge is 0.0700 e. The van der Waals surface area contributed by atoms with Crippen molar-refractivity contribution >= 4 is 24.0 Å². The summed E-state index contributed by atoms with van der Waals surface area (Å²) in [5.41, 5.74) is 3.30. The van der Waals surface area contributed by atoms with E-state index in [0.29, 0.717) is 0 Å². The van der Waals surface area contributed by atoms with E-state index < -0.39 is 0 Å². The van der Waals surface area contributed by atoms with Gasteiger partial charge in [0, 0.05) is 5.02 Å². The molecule has 13 heavy (non-hydrogen) atoms. The van der Waals surface area contributed by atoms with E-state index in [0.717, 1.165) is 29.1 Å². The zero-order valence-electron chi connectivity index (χ0n) is 8.10. The number of hydrogen-bond acceptors (Lipinski definition) is 1. The van der Waals surface area contributed by atoms with Crippen LogP contribution in [0.25, 0.3) is 0 Å². The monoisotopic (exact) mass is 195 g/mol. The fraction of sp³-hybridized carbons (Fsp3) is 0.364. The first-order valence-electron chi connectivity index (χ1n) is 4.51. The summed E-state index contributed by atoms with van der Waals surface area (Å²) >= 11 is 6.05. The number of aryl methyl sites for hydroxylation is 1. The Kier molecular flexibility index (Phi) is 3.49. The highest BCUT2D eigenvalue weighted by atomic mass is 35.5. The number of halogens is 1. The topological polar surface area (TPSA) is 12.4 Å². The van der Waals surface area contributed by atoms with Gasteiger partial charge in [-0.25, -0.2) is 0 Å². The molecule has 0 unspecified atom stereocenters. The van der Waals surface area contributed by atoms with Crippen LogP contribution in [0.1, 0.15) is 25.0 Å². The molecule has 1 nitrogen and oxygen atoms in total. The fourth-order valence-corrected chi connectivity index (χ4v) is 1.76. The number of rotatable bonds is 3. The van der Waals surface area contributed by atoms with Gasteiger partial charge in [0.15, 0.2) is 0 Å². The van der Waals surface area contributed by atoms with Crippen LogP contribution in [0.4, 0.5) is 5.69 Å². The Morgan fingerprint density at radius 2 is 2.00 bits per heavy atom. The maximum Gasteiger partial charge on any atom is 0.0700 e. The van der Waals surface area contributed by atoms with E-state index in [-0.39, 0.29) is 0 Å². The molecule has 0 spiro atoms. The minimum Gasteiger partial charge on any atom is -0.264 e. The zero-order chi connectivity index (χ0) is 9.84. The molecule has 0 aromatic heterocycles. The highest BCUT2D eigenvalue weighted by Gasteiger charge is 2.07. The number of benzene rings is 1. The lowest BCUT2D eigenvalue weighted by Gasteiger charge is -2.09. The largest absolute Gasteiger partial charge is 0.264 e. The van der Waals surface area contributed by atoms with Gasteiger partial charge in [-0.2, -0.15) is 0 Å². The molecule has 0 fully saturated rings. The number of hydrogen-bond donors (Lipinski definition) is 0. The van der Waals surface area contributed by atoms with Gasteiger partial charge in [0.05, 0.1) is 5.69 Å². The molecule has 1 aromatic carbocycles. The van der Waals surface area contributed by atoms with Crippen molar-refractivity contribution in [3.05, 3.63) is 28.3 Å². The van der Waals surface area contributed by atoms with Crippen LogP contribution < -0.4 is 0 Å². The predicted molar refractivity (Wildman–Crippen MR) is 59.4 cm³/mol. The summed E-state index contributed by atoms with van der Waals surface area (Å²) in [4.78, 5) is 4.04. The maximum atomic E-state index is 6.05. The zero-order valence-corrected chi connectivity index (χ0v) is 8.86. The van der Waals surface area contributed by atoms with Gasteiger partial charge in [-0.1, -0.05) is 31.5 Å². The van der Waals surface area contributed by atoms with Crippen LogP contribution >= 0.6 is 11.6 Å². The Bertz CT molecular complexity index is 318. The predicted octanol–water partition coefficient (Wildman–Crippen LogP) is 3.80. The molecule has 0 atom stereocenters. The van der Waals surface area contributed by atoms with Crippen molar-refractivity contribution in [2.45, 2.75) is 26.7 Å². The highest BCUT2D eigenvalue weighted by Crippen LogP contribution is 2.31. The quantitative estimate of drug-likeness (QED) is 0.651. The summed E-state index contributed by atoms with van der Waals surface area (Å²) in [6.07, 6.45) is 1.87. The van der Waals surface area contributed by atoms with Gasteiger partial charge < -0.3 is 0 Å². The first kappa shape index (κ1) is 10.3. The van der Waals surface area contributed by atoms with Crippen LogP contribution in [0.3, 0.4) is 0 Å². The van der Waals surface area contributed by atoms with Crippen molar-refractivity contribution in [3.63, 3.8) is 0 Å². The van der Waals surface area contributed by atoms with E-state index in [9.17, 15) is 0 Å². The van der Waals surface area contributed by atoms with Crippen LogP contribution in [0.15, 0.2) is 17.1 Å². The molecule has 0 saturated heterocycles. The maximum absolute atomic E-state index is 6.05. The van der Waals surface area contributed by atoms with E-state index in [1.54, 1.807) is 0 Å². The second-order valence-electron chi connectivity index (χ2n) is 2.90. The standard InChI is InChI=1S/C11H14ClN/c1-4-8-6-7-10(12)9(5-2)11(8)13-3/h6-7H,3-5H2,1-2H3. The average Bonchev–Trinajstić information content (AvgIpc) is 2.17. The van der Waals surface area contributed by atoms with Gasteiger partial charge in [0.1, 0.15) is 0 Å². The van der Waals surface area contributed by atoms with Crippen LogP contribution in [0, 0.1) is 0 Å². The van der Waals surface area contributed by atoms with E-state index in [1.807, 2.05) is 12.1 Å². The van der Waals surface area contributed by atoms with Gasteiger partial charge >= 0.3 is 0 Å². The summed E-state index contributed by atoms with van der Waals surface area (Å²) in [7, 11) is 0. The minimum atomic E-state index is 0.794. The van der Waals surface area contributed by atoms with Crippen LogP contribution in [0.2, 0.25) is 5.02 Å². The molecule has 0 radical (unpaired) electrons. The molecular weight excluding hydrogens is 182 g/mol. The van der Waals surface area contributed by atoms with Gasteiger partial charge in [0.25, 0.3) is 0 Å². The van der Waals surface area contributed by atoms with Crippen LogP contribution in [-0.4, -0.2) is 6.72 Å². The molecular formula is C11H14ClN. The molecule has 0 aliphatic carbocycles. The Labute approximate surface area is 84.5 Å². The van der Waals surface area contributed by atoms with Gasteiger partial charge in [-0.15, -0.1) is 0 Å². The molecule has 1 rings (SSSR count). The fourth-order valence-electron chi connectivity index (χ4n) is 1.48. The summed E-state index contributed by atoms with van der Waals surface area (Å²) < 4.78 is 0. The van der Waals surface area contributed by atoms with Crippen molar-refractivity contribution in [2.75, 3.05) is 0 Å². The molecule has 0 aliphatic rings. The van der Waals surface area contributed by atoms with Crippen molar-refractivity contribution in [1.29, 1.82) is 0 Å². The lowest BCUT2D eigenvalue weighted by molar-refractivity contribution is 1.08. The molecule has 0 saturated carbocycles. The molecule has 0 amide bonds. The van der Waals surface area contributed by atoms with Crippen LogP contribution in [0.5, 0.6) is 0 Å². The second kappa shape index (κ2) is 4.43. The van der Waals surface area contributed by atoms with Gasteiger partial charge in [-0.3, -0.25) is 4.99 Å². The summed E-state index contributed by atoms with van der Waals surface area (Å²) in [5.74, 6) is 0. The van der Waals surface area contributed by atoms with Gasteiger partial charge in [-0.05, 0) is 36.8 Å². The van der Waals surface area contributed by atoms with Crippen LogP contribution in [-0.2, 0) is 12.8 Å².